The highest BCUT2D eigenvalue weighted by molar-refractivity contribution is 5.43. The number of hydrogen-bond donors (Lipinski definition) is 1. The Balaban J connectivity index is 1.79. The van der Waals surface area contributed by atoms with Crippen LogP contribution in [0.3, 0.4) is 0 Å². The van der Waals surface area contributed by atoms with Crippen molar-refractivity contribution in [2.45, 2.75) is 32.0 Å². The van der Waals surface area contributed by atoms with Gasteiger partial charge in [0.1, 0.15) is 12.4 Å². The lowest BCUT2D eigenvalue weighted by Gasteiger charge is -2.23. The van der Waals surface area contributed by atoms with Crippen LogP contribution < -0.4 is 4.74 Å². The summed E-state index contributed by atoms with van der Waals surface area (Å²) in [7, 11) is 0. The standard InChI is InChI=1S/C17H16F2O2/c18-14-8-7-11(9-15(14)19)10-21-17-6-2-3-12-13(17)4-1-5-16(12)20/h2-3,6-9,16,20H,1,4-5,10H2. The minimum absolute atomic E-state index is 0.170. The monoisotopic (exact) mass is 290 g/mol. The maximum atomic E-state index is 13.2. The van der Waals surface area contributed by atoms with Crippen LogP contribution in [0.5, 0.6) is 5.75 Å². The van der Waals surface area contributed by atoms with Crippen molar-refractivity contribution in [2.24, 2.45) is 0 Å². The maximum absolute atomic E-state index is 13.2. The summed E-state index contributed by atoms with van der Waals surface area (Å²) in [5, 5.41) is 9.99. The Labute approximate surface area is 122 Å². The molecule has 0 aliphatic heterocycles. The fourth-order valence-corrected chi connectivity index (χ4v) is 2.72. The van der Waals surface area contributed by atoms with Gasteiger partial charge in [-0.15, -0.1) is 0 Å². The quantitative estimate of drug-likeness (QED) is 0.928. The predicted molar refractivity (Wildman–Crippen MR) is 75.0 cm³/mol. The number of fused-ring (bicyclic) bond motifs is 1. The molecule has 0 amide bonds. The van der Waals surface area contributed by atoms with E-state index in [-0.39, 0.29) is 6.61 Å². The van der Waals surface area contributed by atoms with Crippen LogP contribution in [0, 0.1) is 11.6 Å². The van der Waals surface area contributed by atoms with Gasteiger partial charge in [0.25, 0.3) is 0 Å². The van der Waals surface area contributed by atoms with E-state index in [1.807, 2.05) is 18.2 Å². The molecule has 21 heavy (non-hydrogen) atoms. The predicted octanol–water partition coefficient (Wildman–Crippen LogP) is 3.91. The number of aliphatic hydroxyl groups excluding tert-OH is 1. The molecular formula is C17H16F2O2. The second-order valence-electron chi connectivity index (χ2n) is 5.27. The third kappa shape index (κ3) is 2.90. The van der Waals surface area contributed by atoms with Crippen molar-refractivity contribution in [3.05, 3.63) is 64.7 Å². The fraction of sp³-hybridized carbons (Fsp3) is 0.294. The van der Waals surface area contributed by atoms with Gasteiger partial charge < -0.3 is 9.84 Å². The van der Waals surface area contributed by atoms with Gasteiger partial charge in [-0.3, -0.25) is 0 Å². The van der Waals surface area contributed by atoms with Gasteiger partial charge in [-0.1, -0.05) is 18.2 Å². The molecule has 4 heteroatoms. The van der Waals surface area contributed by atoms with E-state index >= 15 is 0 Å². The molecule has 0 spiro atoms. The SMILES string of the molecule is OC1CCCc2c(OCc3ccc(F)c(F)c3)cccc21. The number of aliphatic hydroxyl groups is 1. The van der Waals surface area contributed by atoms with Crippen molar-refractivity contribution < 1.29 is 18.6 Å². The zero-order valence-electron chi connectivity index (χ0n) is 11.5. The van der Waals surface area contributed by atoms with Gasteiger partial charge in [0.15, 0.2) is 11.6 Å². The molecule has 2 nitrogen and oxygen atoms in total. The van der Waals surface area contributed by atoms with Gasteiger partial charge in [-0.05, 0) is 54.2 Å². The van der Waals surface area contributed by atoms with E-state index in [0.29, 0.717) is 11.3 Å². The molecular weight excluding hydrogens is 274 g/mol. The molecule has 0 fully saturated rings. The molecule has 0 aromatic heterocycles. The van der Waals surface area contributed by atoms with E-state index < -0.39 is 17.7 Å². The van der Waals surface area contributed by atoms with Crippen LogP contribution in [0.1, 0.15) is 35.6 Å². The largest absolute Gasteiger partial charge is 0.489 e. The minimum atomic E-state index is -0.874. The van der Waals surface area contributed by atoms with Crippen molar-refractivity contribution in [3.63, 3.8) is 0 Å². The molecule has 1 atom stereocenters. The first kappa shape index (κ1) is 14.0. The highest BCUT2D eigenvalue weighted by Gasteiger charge is 2.20. The number of halogens is 2. The molecule has 1 N–H and O–H groups in total. The minimum Gasteiger partial charge on any atom is -0.489 e. The average Bonchev–Trinajstić information content (AvgIpc) is 2.49. The normalized spacial score (nSPS) is 17.4. The smallest absolute Gasteiger partial charge is 0.159 e. The van der Waals surface area contributed by atoms with E-state index in [9.17, 15) is 13.9 Å². The highest BCUT2D eigenvalue weighted by Crippen LogP contribution is 2.35. The Bertz CT molecular complexity index is 655. The number of benzene rings is 2. The molecule has 1 unspecified atom stereocenters. The zero-order valence-corrected chi connectivity index (χ0v) is 11.5. The van der Waals surface area contributed by atoms with Gasteiger partial charge in [-0.2, -0.15) is 0 Å². The molecule has 0 saturated heterocycles. The molecule has 0 saturated carbocycles. The van der Waals surface area contributed by atoms with Crippen molar-refractivity contribution >= 4 is 0 Å². The first-order chi connectivity index (χ1) is 10.1. The number of ether oxygens (including phenoxy) is 1. The first-order valence-corrected chi connectivity index (χ1v) is 7.02. The summed E-state index contributed by atoms with van der Waals surface area (Å²) in [6, 6.07) is 9.33. The second kappa shape index (κ2) is 5.82. The third-order valence-corrected chi connectivity index (χ3v) is 3.81. The lowest BCUT2D eigenvalue weighted by molar-refractivity contribution is 0.155. The second-order valence-corrected chi connectivity index (χ2v) is 5.27. The van der Waals surface area contributed by atoms with Gasteiger partial charge in [0, 0.05) is 0 Å². The topological polar surface area (TPSA) is 29.5 Å². The molecule has 0 bridgehead atoms. The van der Waals surface area contributed by atoms with Gasteiger partial charge in [0.05, 0.1) is 6.10 Å². The Kier molecular flexibility index (Phi) is 3.88. The van der Waals surface area contributed by atoms with Crippen LogP contribution in [0.15, 0.2) is 36.4 Å². The molecule has 3 rings (SSSR count). The lowest BCUT2D eigenvalue weighted by atomic mass is 9.89. The number of rotatable bonds is 3. The number of hydrogen-bond acceptors (Lipinski definition) is 2. The summed E-state index contributed by atoms with van der Waals surface area (Å²) >= 11 is 0. The van der Waals surface area contributed by atoms with E-state index in [1.165, 1.54) is 6.07 Å². The van der Waals surface area contributed by atoms with Crippen LogP contribution >= 0.6 is 0 Å². The molecule has 0 heterocycles. The van der Waals surface area contributed by atoms with Gasteiger partial charge in [0.2, 0.25) is 0 Å². The van der Waals surface area contributed by atoms with Crippen LogP contribution in [0.25, 0.3) is 0 Å². The summed E-state index contributed by atoms with van der Waals surface area (Å²) in [6.45, 7) is 0.170. The lowest BCUT2D eigenvalue weighted by Crippen LogP contribution is -2.11. The van der Waals surface area contributed by atoms with Crippen LogP contribution in [-0.2, 0) is 13.0 Å². The summed E-state index contributed by atoms with van der Waals surface area (Å²) in [4.78, 5) is 0. The molecule has 0 radical (unpaired) electrons. The zero-order chi connectivity index (χ0) is 14.8. The van der Waals surface area contributed by atoms with E-state index in [0.717, 1.165) is 42.5 Å². The van der Waals surface area contributed by atoms with E-state index in [4.69, 9.17) is 4.74 Å². The summed E-state index contributed by atoms with van der Waals surface area (Å²) in [5.41, 5.74) is 2.49. The molecule has 2 aromatic rings. The Morgan fingerprint density at radius 3 is 2.81 bits per heavy atom. The first-order valence-electron chi connectivity index (χ1n) is 7.02. The van der Waals surface area contributed by atoms with E-state index in [2.05, 4.69) is 0 Å². The van der Waals surface area contributed by atoms with Gasteiger partial charge in [-0.25, -0.2) is 8.78 Å². The maximum Gasteiger partial charge on any atom is 0.159 e. The summed E-state index contributed by atoms with van der Waals surface area (Å²) < 4.78 is 31.8. The summed E-state index contributed by atoms with van der Waals surface area (Å²) in [6.07, 6.45) is 2.10. The Morgan fingerprint density at radius 1 is 1.14 bits per heavy atom. The van der Waals surface area contributed by atoms with Crippen LogP contribution in [0.4, 0.5) is 8.78 Å². The third-order valence-electron chi connectivity index (χ3n) is 3.81. The summed E-state index contributed by atoms with van der Waals surface area (Å²) in [5.74, 6) is -1.03. The van der Waals surface area contributed by atoms with Crippen molar-refractivity contribution in [1.82, 2.24) is 0 Å². The van der Waals surface area contributed by atoms with Crippen molar-refractivity contribution in [3.8, 4) is 5.75 Å². The molecule has 110 valence electrons. The van der Waals surface area contributed by atoms with Crippen LogP contribution in [-0.4, -0.2) is 5.11 Å². The molecule has 1 aliphatic carbocycles. The van der Waals surface area contributed by atoms with Crippen molar-refractivity contribution in [2.75, 3.05) is 0 Å². The highest BCUT2D eigenvalue weighted by atomic mass is 19.2. The molecule has 1 aliphatic rings. The van der Waals surface area contributed by atoms with Crippen LogP contribution in [0.2, 0.25) is 0 Å². The fourth-order valence-electron chi connectivity index (χ4n) is 2.72. The Morgan fingerprint density at radius 2 is 2.00 bits per heavy atom. The van der Waals surface area contributed by atoms with E-state index in [1.54, 1.807) is 0 Å². The average molecular weight is 290 g/mol. The molecule has 2 aromatic carbocycles. The Hall–Kier alpha value is -1.94. The van der Waals surface area contributed by atoms with Gasteiger partial charge >= 0.3 is 0 Å². The van der Waals surface area contributed by atoms with Crippen molar-refractivity contribution in [1.29, 1.82) is 0 Å².